The van der Waals surface area contributed by atoms with E-state index in [2.05, 4.69) is 4.74 Å². The van der Waals surface area contributed by atoms with Crippen molar-refractivity contribution in [3.05, 3.63) is 35.9 Å². The summed E-state index contributed by atoms with van der Waals surface area (Å²) in [5.74, 6) is -0.184. The molecule has 2 N–H and O–H groups in total. The number of allylic oxidation sites excluding steroid dienone is 1. The fourth-order valence-electron chi connectivity index (χ4n) is 2.01. The summed E-state index contributed by atoms with van der Waals surface area (Å²) in [7, 11) is 0. The van der Waals surface area contributed by atoms with Crippen LogP contribution in [0.1, 0.15) is 24.8 Å². The van der Waals surface area contributed by atoms with Crippen molar-refractivity contribution in [3.8, 4) is 5.75 Å². The van der Waals surface area contributed by atoms with Crippen molar-refractivity contribution < 1.29 is 17.9 Å². The first-order valence-electron chi connectivity index (χ1n) is 5.75. The lowest BCUT2D eigenvalue weighted by Gasteiger charge is -2.19. The van der Waals surface area contributed by atoms with E-state index in [9.17, 15) is 13.2 Å². The largest absolute Gasteiger partial charge is 0.573 e. The van der Waals surface area contributed by atoms with Crippen molar-refractivity contribution >= 4 is 5.57 Å². The Labute approximate surface area is 103 Å². The van der Waals surface area contributed by atoms with Crippen LogP contribution in [0.5, 0.6) is 5.75 Å². The maximum atomic E-state index is 12.1. The van der Waals surface area contributed by atoms with Crippen molar-refractivity contribution in [2.75, 3.05) is 0 Å². The Morgan fingerprint density at radius 3 is 2.67 bits per heavy atom. The minimum Gasteiger partial charge on any atom is -0.406 e. The smallest absolute Gasteiger partial charge is 0.406 e. The Balaban J connectivity index is 2.17. The molecule has 0 spiro atoms. The van der Waals surface area contributed by atoms with Gasteiger partial charge in [-0.1, -0.05) is 18.2 Å². The van der Waals surface area contributed by atoms with Crippen LogP contribution in [0.25, 0.3) is 5.57 Å². The van der Waals surface area contributed by atoms with E-state index < -0.39 is 6.36 Å². The number of halogens is 3. The highest BCUT2D eigenvalue weighted by atomic mass is 19.4. The molecule has 2 rings (SSSR count). The third kappa shape index (κ3) is 3.50. The zero-order valence-electron chi connectivity index (χ0n) is 9.70. The predicted octanol–water partition coefficient (Wildman–Crippen LogP) is 3.48. The molecular weight excluding hydrogens is 243 g/mol. The molecule has 1 atom stereocenters. The lowest BCUT2D eigenvalue weighted by Crippen LogP contribution is -2.21. The second-order valence-corrected chi connectivity index (χ2v) is 4.34. The third-order valence-electron chi connectivity index (χ3n) is 2.89. The zero-order valence-corrected chi connectivity index (χ0v) is 9.70. The molecule has 1 unspecified atom stereocenters. The van der Waals surface area contributed by atoms with Crippen LogP contribution in [0.3, 0.4) is 0 Å². The van der Waals surface area contributed by atoms with Crippen molar-refractivity contribution in [3.63, 3.8) is 0 Å². The quantitative estimate of drug-likeness (QED) is 0.880. The fourth-order valence-corrected chi connectivity index (χ4v) is 2.01. The molecule has 0 amide bonds. The van der Waals surface area contributed by atoms with Crippen LogP contribution < -0.4 is 10.5 Å². The van der Waals surface area contributed by atoms with Crippen molar-refractivity contribution in [2.24, 2.45) is 5.73 Å². The van der Waals surface area contributed by atoms with Crippen LogP contribution >= 0.6 is 0 Å². The van der Waals surface area contributed by atoms with E-state index in [1.54, 1.807) is 12.1 Å². The number of hydrogen-bond donors (Lipinski definition) is 1. The Morgan fingerprint density at radius 1 is 1.28 bits per heavy atom. The first kappa shape index (κ1) is 13.0. The zero-order chi connectivity index (χ0) is 13.2. The van der Waals surface area contributed by atoms with Gasteiger partial charge in [-0.25, -0.2) is 0 Å². The maximum absolute atomic E-state index is 12.1. The number of nitrogens with two attached hydrogens (primary N) is 1. The topological polar surface area (TPSA) is 35.2 Å². The molecule has 2 nitrogen and oxygen atoms in total. The van der Waals surface area contributed by atoms with Gasteiger partial charge in [-0.15, -0.1) is 13.2 Å². The summed E-state index contributed by atoms with van der Waals surface area (Å²) in [5.41, 5.74) is 7.57. The van der Waals surface area contributed by atoms with Gasteiger partial charge in [-0.3, -0.25) is 0 Å². The van der Waals surface area contributed by atoms with Gasteiger partial charge in [0.15, 0.2) is 0 Å². The van der Waals surface area contributed by atoms with E-state index in [0.29, 0.717) is 0 Å². The molecule has 0 heterocycles. The highest BCUT2D eigenvalue weighted by molar-refractivity contribution is 5.67. The molecule has 0 aliphatic heterocycles. The molecule has 0 saturated carbocycles. The minimum absolute atomic E-state index is 0.156. The van der Waals surface area contributed by atoms with Gasteiger partial charge in [0.25, 0.3) is 0 Å². The Morgan fingerprint density at radius 2 is 2.06 bits per heavy atom. The van der Waals surface area contributed by atoms with Gasteiger partial charge in [-0.05, 0) is 42.5 Å². The van der Waals surface area contributed by atoms with Crippen molar-refractivity contribution in [2.45, 2.75) is 31.7 Å². The number of hydrogen-bond acceptors (Lipinski definition) is 2. The SMILES string of the molecule is NC1CC=C(c2cccc(OC(F)(F)F)c2)CC1. The molecule has 1 aliphatic rings. The monoisotopic (exact) mass is 257 g/mol. The molecule has 0 radical (unpaired) electrons. The number of benzene rings is 1. The van der Waals surface area contributed by atoms with E-state index in [1.807, 2.05) is 6.08 Å². The van der Waals surface area contributed by atoms with Gasteiger partial charge >= 0.3 is 6.36 Å². The Hall–Kier alpha value is -1.49. The van der Waals surface area contributed by atoms with Crippen LogP contribution in [-0.2, 0) is 0 Å². The highest BCUT2D eigenvalue weighted by Crippen LogP contribution is 2.30. The first-order valence-corrected chi connectivity index (χ1v) is 5.75. The molecular formula is C13H14F3NO. The molecule has 98 valence electrons. The standard InChI is InChI=1S/C13H14F3NO/c14-13(15,16)18-12-3-1-2-10(8-12)9-4-6-11(17)7-5-9/h1-4,8,11H,5-7,17H2. The molecule has 5 heteroatoms. The third-order valence-corrected chi connectivity index (χ3v) is 2.89. The van der Waals surface area contributed by atoms with E-state index in [1.165, 1.54) is 12.1 Å². The number of rotatable bonds is 2. The molecule has 1 aromatic carbocycles. The number of ether oxygens (including phenoxy) is 1. The van der Waals surface area contributed by atoms with Crippen LogP contribution in [-0.4, -0.2) is 12.4 Å². The summed E-state index contributed by atoms with van der Waals surface area (Å²) >= 11 is 0. The maximum Gasteiger partial charge on any atom is 0.573 e. The molecule has 0 aromatic heterocycles. The van der Waals surface area contributed by atoms with Crippen molar-refractivity contribution in [1.29, 1.82) is 0 Å². The molecule has 0 saturated heterocycles. The van der Waals surface area contributed by atoms with E-state index in [0.717, 1.165) is 30.4 Å². The summed E-state index contributed by atoms with van der Waals surface area (Å²) < 4.78 is 40.2. The van der Waals surface area contributed by atoms with Gasteiger partial charge in [0.2, 0.25) is 0 Å². The fraction of sp³-hybridized carbons (Fsp3) is 0.385. The highest BCUT2D eigenvalue weighted by Gasteiger charge is 2.31. The van der Waals surface area contributed by atoms with Gasteiger partial charge < -0.3 is 10.5 Å². The lowest BCUT2D eigenvalue weighted by atomic mass is 9.91. The Kier molecular flexibility index (Phi) is 3.61. The van der Waals surface area contributed by atoms with Gasteiger partial charge in [-0.2, -0.15) is 0 Å². The summed E-state index contributed by atoms with van der Waals surface area (Å²) in [6.07, 6.45) is -0.255. The lowest BCUT2D eigenvalue weighted by molar-refractivity contribution is -0.274. The number of alkyl halides is 3. The second kappa shape index (κ2) is 5.02. The van der Waals surface area contributed by atoms with Crippen LogP contribution in [0.4, 0.5) is 13.2 Å². The molecule has 1 aliphatic carbocycles. The molecule has 0 bridgehead atoms. The predicted molar refractivity (Wildman–Crippen MR) is 62.9 cm³/mol. The van der Waals surface area contributed by atoms with Crippen LogP contribution in [0.2, 0.25) is 0 Å². The normalized spacial score (nSPS) is 20.4. The summed E-state index contributed by atoms with van der Waals surface area (Å²) in [6, 6.07) is 6.21. The molecule has 1 aromatic rings. The summed E-state index contributed by atoms with van der Waals surface area (Å²) in [5, 5.41) is 0. The summed E-state index contributed by atoms with van der Waals surface area (Å²) in [4.78, 5) is 0. The molecule has 18 heavy (non-hydrogen) atoms. The Bertz CT molecular complexity index is 454. The van der Waals surface area contributed by atoms with Gasteiger partial charge in [0, 0.05) is 6.04 Å². The first-order chi connectivity index (χ1) is 8.44. The van der Waals surface area contributed by atoms with Crippen LogP contribution in [0.15, 0.2) is 30.3 Å². The van der Waals surface area contributed by atoms with E-state index in [-0.39, 0.29) is 11.8 Å². The van der Waals surface area contributed by atoms with E-state index in [4.69, 9.17) is 5.73 Å². The van der Waals surface area contributed by atoms with Crippen LogP contribution in [0, 0.1) is 0 Å². The average Bonchev–Trinajstić information content (AvgIpc) is 2.28. The van der Waals surface area contributed by atoms with Gasteiger partial charge in [0.1, 0.15) is 5.75 Å². The second-order valence-electron chi connectivity index (χ2n) is 4.34. The average molecular weight is 257 g/mol. The summed E-state index contributed by atoms with van der Waals surface area (Å²) in [6.45, 7) is 0. The van der Waals surface area contributed by atoms with E-state index >= 15 is 0 Å². The van der Waals surface area contributed by atoms with Crippen molar-refractivity contribution in [1.82, 2.24) is 0 Å². The van der Waals surface area contributed by atoms with Gasteiger partial charge in [0.05, 0.1) is 0 Å². The molecule has 0 fully saturated rings. The minimum atomic E-state index is -4.65.